The van der Waals surface area contributed by atoms with Gasteiger partial charge in [-0.25, -0.2) is 0 Å². The quantitative estimate of drug-likeness (QED) is 0.610. The summed E-state index contributed by atoms with van der Waals surface area (Å²) in [6.07, 6.45) is 0.893. The van der Waals surface area contributed by atoms with Crippen molar-refractivity contribution in [3.05, 3.63) is 10.1 Å². The molecule has 0 radical (unpaired) electrons. The van der Waals surface area contributed by atoms with Crippen molar-refractivity contribution in [1.82, 2.24) is 14.9 Å². The van der Waals surface area contributed by atoms with Crippen molar-refractivity contribution in [2.75, 3.05) is 49.2 Å². The summed E-state index contributed by atoms with van der Waals surface area (Å²) in [5.41, 5.74) is 5.60. The molecule has 122 valence electrons. The van der Waals surface area contributed by atoms with Crippen LogP contribution in [-0.4, -0.2) is 59.1 Å². The van der Waals surface area contributed by atoms with Crippen LogP contribution in [0.1, 0.15) is 20.3 Å². The standard InChI is InChI=1S/C13H23N7O2/c1-4-9(2)15-13-16-11(14)10(20(21)22)12(17-13)19-7-5-18(3)6-8-19/h9H,4-8H2,1-3H3,(H3,14,15,16,17). The normalized spacial score (nSPS) is 17.3. The summed E-state index contributed by atoms with van der Waals surface area (Å²) in [7, 11) is 2.02. The second-order valence-corrected chi connectivity index (χ2v) is 5.61. The Bertz CT molecular complexity index is 543. The van der Waals surface area contributed by atoms with Gasteiger partial charge in [-0.2, -0.15) is 9.97 Å². The van der Waals surface area contributed by atoms with Crippen LogP contribution in [-0.2, 0) is 0 Å². The van der Waals surface area contributed by atoms with Gasteiger partial charge in [-0.3, -0.25) is 10.1 Å². The fraction of sp³-hybridized carbons (Fsp3) is 0.692. The van der Waals surface area contributed by atoms with Crippen LogP contribution in [0, 0.1) is 10.1 Å². The minimum atomic E-state index is -0.504. The molecule has 0 aliphatic carbocycles. The smallest absolute Gasteiger partial charge is 0.353 e. The van der Waals surface area contributed by atoms with Crippen LogP contribution < -0.4 is 16.0 Å². The SMILES string of the molecule is CCC(C)Nc1nc(N)c([N+](=O)[O-])c(N2CCN(C)CC2)n1. The minimum Gasteiger partial charge on any atom is -0.378 e. The van der Waals surface area contributed by atoms with Gasteiger partial charge in [0.05, 0.1) is 4.92 Å². The summed E-state index contributed by atoms with van der Waals surface area (Å²) >= 11 is 0. The zero-order chi connectivity index (χ0) is 16.3. The van der Waals surface area contributed by atoms with E-state index in [9.17, 15) is 10.1 Å². The lowest BCUT2D eigenvalue weighted by Gasteiger charge is -2.33. The summed E-state index contributed by atoms with van der Waals surface area (Å²) in [5, 5.41) is 14.5. The lowest BCUT2D eigenvalue weighted by Crippen LogP contribution is -2.45. The Morgan fingerprint density at radius 2 is 2.00 bits per heavy atom. The molecule has 1 atom stereocenters. The summed E-state index contributed by atoms with van der Waals surface area (Å²) in [6, 6.07) is 0.168. The van der Waals surface area contributed by atoms with Gasteiger partial charge in [0.1, 0.15) is 0 Å². The van der Waals surface area contributed by atoms with Crippen LogP contribution in [0.3, 0.4) is 0 Å². The largest absolute Gasteiger partial charge is 0.378 e. The molecule has 1 aromatic rings. The van der Waals surface area contributed by atoms with Crippen LogP contribution in [0.5, 0.6) is 0 Å². The van der Waals surface area contributed by atoms with Crippen LogP contribution in [0.15, 0.2) is 0 Å². The number of nitrogens with one attached hydrogen (secondary N) is 1. The van der Waals surface area contributed by atoms with E-state index in [-0.39, 0.29) is 17.5 Å². The zero-order valence-corrected chi connectivity index (χ0v) is 13.2. The average molecular weight is 309 g/mol. The van der Waals surface area contributed by atoms with Crippen LogP contribution in [0.25, 0.3) is 0 Å². The molecule has 1 unspecified atom stereocenters. The number of nitrogens with two attached hydrogens (primary N) is 1. The first kappa shape index (κ1) is 16.2. The lowest BCUT2D eigenvalue weighted by atomic mass is 10.3. The summed E-state index contributed by atoms with van der Waals surface area (Å²) in [6.45, 7) is 7.04. The minimum absolute atomic E-state index is 0.0975. The van der Waals surface area contributed by atoms with Crippen molar-refractivity contribution in [3.8, 4) is 0 Å². The van der Waals surface area contributed by atoms with Crippen molar-refractivity contribution in [1.29, 1.82) is 0 Å². The number of nitro groups is 1. The average Bonchev–Trinajstić information content (AvgIpc) is 2.46. The summed E-state index contributed by atoms with van der Waals surface area (Å²) < 4.78 is 0. The number of anilines is 3. The molecule has 0 saturated carbocycles. The van der Waals surface area contributed by atoms with Gasteiger partial charge in [0.15, 0.2) is 0 Å². The highest BCUT2D eigenvalue weighted by Gasteiger charge is 2.29. The van der Waals surface area contributed by atoms with Gasteiger partial charge in [-0.1, -0.05) is 6.92 Å². The van der Waals surface area contributed by atoms with Gasteiger partial charge in [0, 0.05) is 32.2 Å². The fourth-order valence-electron chi connectivity index (χ4n) is 2.26. The molecule has 1 saturated heterocycles. The number of hydrogen-bond acceptors (Lipinski definition) is 8. The Kier molecular flexibility index (Phi) is 4.96. The summed E-state index contributed by atoms with van der Waals surface area (Å²) in [4.78, 5) is 23.3. The van der Waals surface area contributed by atoms with E-state index < -0.39 is 4.92 Å². The van der Waals surface area contributed by atoms with E-state index in [0.717, 1.165) is 19.5 Å². The number of piperazine rings is 1. The molecule has 22 heavy (non-hydrogen) atoms. The predicted molar refractivity (Wildman–Crippen MR) is 86.2 cm³/mol. The topological polar surface area (TPSA) is 113 Å². The van der Waals surface area contributed by atoms with Crippen LogP contribution in [0.2, 0.25) is 0 Å². The van der Waals surface area contributed by atoms with E-state index in [1.807, 2.05) is 25.8 Å². The first-order chi connectivity index (χ1) is 10.4. The van der Waals surface area contributed by atoms with E-state index in [4.69, 9.17) is 5.73 Å². The molecule has 1 aliphatic rings. The van der Waals surface area contributed by atoms with E-state index in [0.29, 0.717) is 24.9 Å². The van der Waals surface area contributed by atoms with Crippen molar-refractivity contribution in [2.45, 2.75) is 26.3 Å². The molecular weight excluding hydrogens is 286 g/mol. The first-order valence-electron chi connectivity index (χ1n) is 7.44. The third kappa shape index (κ3) is 3.53. The zero-order valence-electron chi connectivity index (χ0n) is 13.2. The monoisotopic (exact) mass is 309 g/mol. The first-order valence-corrected chi connectivity index (χ1v) is 7.44. The van der Waals surface area contributed by atoms with E-state index in [2.05, 4.69) is 20.2 Å². The number of nitrogens with zero attached hydrogens (tertiary/aromatic N) is 5. The Labute approximate surface area is 129 Å². The highest BCUT2D eigenvalue weighted by molar-refractivity contribution is 5.71. The lowest BCUT2D eigenvalue weighted by molar-refractivity contribution is -0.383. The molecule has 9 nitrogen and oxygen atoms in total. The molecule has 1 fully saturated rings. The van der Waals surface area contributed by atoms with E-state index in [1.165, 1.54) is 0 Å². The van der Waals surface area contributed by atoms with Gasteiger partial charge >= 0.3 is 5.69 Å². The fourth-order valence-corrected chi connectivity index (χ4v) is 2.26. The van der Waals surface area contributed by atoms with Crippen LogP contribution in [0.4, 0.5) is 23.3 Å². The maximum atomic E-state index is 11.3. The van der Waals surface area contributed by atoms with Crippen molar-refractivity contribution >= 4 is 23.3 Å². The van der Waals surface area contributed by atoms with Gasteiger partial charge in [0.25, 0.3) is 0 Å². The molecule has 9 heteroatoms. The van der Waals surface area contributed by atoms with Gasteiger partial charge in [0.2, 0.25) is 17.6 Å². The third-order valence-electron chi connectivity index (χ3n) is 3.87. The molecule has 3 N–H and O–H groups in total. The molecule has 0 amide bonds. The summed E-state index contributed by atoms with van der Waals surface area (Å²) in [5.74, 6) is 0.544. The number of hydrogen-bond donors (Lipinski definition) is 2. The molecule has 1 aliphatic heterocycles. The van der Waals surface area contributed by atoms with Gasteiger partial charge in [-0.15, -0.1) is 0 Å². The number of aromatic nitrogens is 2. The Balaban J connectivity index is 2.37. The second-order valence-electron chi connectivity index (χ2n) is 5.61. The van der Waals surface area contributed by atoms with Gasteiger partial charge < -0.3 is 20.9 Å². The van der Waals surface area contributed by atoms with E-state index >= 15 is 0 Å². The van der Waals surface area contributed by atoms with Crippen molar-refractivity contribution in [2.24, 2.45) is 0 Å². The Hall–Kier alpha value is -2.16. The highest BCUT2D eigenvalue weighted by Crippen LogP contribution is 2.32. The molecule has 0 bridgehead atoms. The van der Waals surface area contributed by atoms with Gasteiger partial charge in [-0.05, 0) is 20.4 Å². The number of likely N-dealkylation sites (N-methyl/N-ethyl adjacent to an activating group) is 1. The second kappa shape index (κ2) is 6.73. The highest BCUT2D eigenvalue weighted by atomic mass is 16.6. The molecule has 0 spiro atoms. The third-order valence-corrected chi connectivity index (χ3v) is 3.87. The van der Waals surface area contributed by atoms with Crippen molar-refractivity contribution < 1.29 is 4.92 Å². The molecule has 0 aromatic carbocycles. The maximum absolute atomic E-state index is 11.3. The number of rotatable bonds is 5. The Morgan fingerprint density at radius 3 is 2.55 bits per heavy atom. The maximum Gasteiger partial charge on any atom is 0.353 e. The predicted octanol–water partition coefficient (Wildman–Crippen LogP) is 0.929. The van der Waals surface area contributed by atoms with Crippen molar-refractivity contribution in [3.63, 3.8) is 0 Å². The van der Waals surface area contributed by atoms with Crippen LogP contribution >= 0.6 is 0 Å². The molecule has 2 heterocycles. The molecular formula is C13H23N7O2. The molecule has 2 rings (SSSR count). The number of nitrogen functional groups attached to an aromatic ring is 1. The molecule has 1 aromatic heterocycles. The Morgan fingerprint density at radius 1 is 1.36 bits per heavy atom. The van der Waals surface area contributed by atoms with E-state index in [1.54, 1.807) is 0 Å².